The molecule has 1 rings (SSSR count). The average molecular weight is 493 g/mol. The predicted molar refractivity (Wildman–Crippen MR) is 141 cm³/mol. The lowest BCUT2D eigenvalue weighted by Crippen LogP contribution is -2.41. The second-order valence-corrected chi connectivity index (χ2v) is 7.46. The Hall–Kier alpha value is -1.86. The van der Waals surface area contributed by atoms with E-state index >= 15 is 0 Å². The Morgan fingerprint density at radius 2 is 1.31 bits per heavy atom. The van der Waals surface area contributed by atoms with Crippen molar-refractivity contribution in [1.82, 2.24) is 5.32 Å². The quantitative estimate of drug-likeness (QED) is 0.178. The van der Waals surface area contributed by atoms with Crippen molar-refractivity contribution in [2.24, 2.45) is 21.5 Å². The first kappa shape index (κ1) is 32.3. The van der Waals surface area contributed by atoms with Crippen molar-refractivity contribution in [3.63, 3.8) is 0 Å². The van der Waals surface area contributed by atoms with Crippen LogP contribution in [-0.2, 0) is 6.54 Å². The molecule has 0 unspecified atom stereocenters. The van der Waals surface area contributed by atoms with Crippen LogP contribution in [0.1, 0.15) is 76.7 Å². The monoisotopic (exact) mass is 491 g/mol. The molecule has 32 heavy (non-hydrogen) atoms. The fraction of sp³-hybridized carbons (Fsp3) is 0.652. The zero-order valence-corrected chi connectivity index (χ0v) is 21.5. The molecule has 186 valence electrons. The number of nitrogens with one attached hydrogen (secondary N) is 1. The fourth-order valence-electron chi connectivity index (χ4n) is 3.16. The van der Waals surface area contributed by atoms with Gasteiger partial charge in [-0.2, -0.15) is 0 Å². The van der Waals surface area contributed by atoms with E-state index in [4.69, 9.17) is 20.9 Å². The summed E-state index contributed by atoms with van der Waals surface area (Å²) in [6, 6.07) is 5.63. The van der Waals surface area contributed by atoms with Gasteiger partial charge < -0.3 is 20.9 Å². The summed E-state index contributed by atoms with van der Waals surface area (Å²) in [7, 11) is 3.21. The van der Waals surface area contributed by atoms with Crippen LogP contribution in [0.5, 0.6) is 11.5 Å². The predicted octanol–water partition coefficient (Wildman–Crippen LogP) is 5.19. The van der Waals surface area contributed by atoms with Gasteiger partial charge in [0.25, 0.3) is 0 Å². The SMILES string of the molecule is CCCCCCCCCCCCN=C(N)NC(N)=NCc1ccc(OC)c(OC)c1.Cl.Cl. The number of hydrogen-bond donors (Lipinski definition) is 3. The van der Waals surface area contributed by atoms with Crippen molar-refractivity contribution in [3.8, 4) is 11.5 Å². The summed E-state index contributed by atoms with van der Waals surface area (Å²) >= 11 is 0. The molecule has 0 amide bonds. The Labute approximate surface area is 206 Å². The molecule has 0 aliphatic heterocycles. The van der Waals surface area contributed by atoms with Crippen LogP contribution < -0.4 is 26.3 Å². The summed E-state index contributed by atoms with van der Waals surface area (Å²) in [6.45, 7) is 3.37. The van der Waals surface area contributed by atoms with Crippen LogP contribution in [0, 0.1) is 0 Å². The number of nitrogens with zero attached hydrogens (tertiary/aromatic N) is 2. The third kappa shape index (κ3) is 15.0. The van der Waals surface area contributed by atoms with E-state index in [-0.39, 0.29) is 30.8 Å². The van der Waals surface area contributed by atoms with Crippen LogP contribution in [0.15, 0.2) is 28.2 Å². The van der Waals surface area contributed by atoms with Gasteiger partial charge in [0, 0.05) is 6.54 Å². The van der Waals surface area contributed by atoms with Gasteiger partial charge >= 0.3 is 0 Å². The zero-order chi connectivity index (χ0) is 22.0. The van der Waals surface area contributed by atoms with Gasteiger partial charge in [0.15, 0.2) is 23.4 Å². The van der Waals surface area contributed by atoms with Crippen LogP contribution >= 0.6 is 24.8 Å². The molecule has 0 saturated carbocycles. The van der Waals surface area contributed by atoms with Gasteiger partial charge in [0.2, 0.25) is 0 Å². The number of nitrogens with two attached hydrogens (primary N) is 2. The molecule has 0 aromatic heterocycles. The molecule has 0 spiro atoms. The normalized spacial score (nSPS) is 11.3. The maximum Gasteiger partial charge on any atom is 0.195 e. The molecule has 7 nitrogen and oxygen atoms in total. The molecule has 0 heterocycles. The fourth-order valence-corrected chi connectivity index (χ4v) is 3.16. The van der Waals surface area contributed by atoms with E-state index in [1.807, 2.05) is 18.2 Å². The van der Waals surface area contributed by atoms with E-state index in [9.17, 15) is 0 Å². The standard InChI is InChI=1S/C23H41N5O2.2ClH/c1-4-5-6-7-8-9-10-11-12-13-16-26-22(24)28-23(25)27-18-19-14-15-20(29-2)21(17-19)30-3;;/h14-15,17H,4-13,16,18H2,1-3H3,(H5,24,25,26,27,28);2*1H. The van der Waals surface area contributed by atoms with Gasteiger partial charge in [-0.3, -0.25) is 10.3 Å². The van der Waals surface area contributed by atoms with Crippen LogP contribution in [0.3, 0.4) is 0 Å². The largest absolute Gasteiger partial charge is 0.493 e. The number of ether oxygens (including phenoxy) is 2. The van der Waals surface area contributed by atoms with E-state index in [1.165, 1.54) is 57.8 Å². The average Bonchev–Trinajstić information content (AvgIpc) is 2.75. The zero-order valence-electron chi connectivity index (χ0n) is 19.9. The molecular formula is C23H43Cl2N5O2. The van der Waals surface area contributed by atoms with Crippen molar-refractivity contribution < 1.29 is 9.47 Å². The molecule has 0 atom stereocenters. The molecule has 0 fully saturated rings. The third-order valence-corrected chi connectivity index (χ3v) is 4.93. The molecule has 0 aliphatic carbocycles. The van der Waals surface area contributed by atoms with Crippen molar-refractivity contribution in [2.75, 3.05) is 20.8 Å². The third-order valence-electron chi connectivity index (χ3n) is 4.93. The van der Waals surface area contributed by atoms with Gasteiger partial charge in [-0.1, -0.05) is 70.8 Å². The number of methoxy groups -OCH3 is 2. The van der Waals surface area contributed by atoms with Crippen LogP contribution in [0.2, 0.25) is 0 Å². The van der Waals surface area contributed by atoms with Crippen molar-refractivity contribution in [1.29, 1.82) is 0 Å². The smallest absolute Gasteiger partial charge is 0.195 e. The number of aliphatic imine (C=N–C) groups is 2. The molecule has 5 N–H and O–H groups in total. The Bertz CT molecular complexity index is 657. The number of unbranched alkanes of at least 4 members (excludes halogenated alkanes) is 9. The van der Waals surface area contributed by atoms with E-state index in [0.29, 0.717) is 30.5 Å². The van der Waals surface area contributed by atoms with E-state index < -0.39 is 0 Å². The van der Waals surface area contributed by atoms with Crippen molar-refractivity contribution >= 4 is 36.7 Å². The Kier molecular flexibility index (Phi) is 21.2. The Morgan fingerprint density at radius 1 is 0.781 bits per heavy atom. The first-order chi connectivity index (χ1) is 14.6. The van der Waals surface area contributed by atoms with Gasteiger partial charge in [0.05, 0.1) is 20.8 Å². The van der Waals surface area contributed by atoms with Gasteiger partial charge in [-0.15, -0.1) is 24.8 Å². The minimum absolute atomic E-state index is 0. The molecule has 0 aliphatic rings. The highest BCUT2D eigenvalue weighted by molar-refractivity contribution is 5.97. The second kappa shape index (κ2) is 21.0. The summed E-state index contributed by atoms with van der Waals surface area (Å²) in [5.74, 6) is 1.89. The Morgan fingerprint density at radius 3 is 1.88 bits per heavy atom. The topological polar surface area (TPSA) is 107 Å². The summed E-state index contributed by atoms with van der Waals surface area (Å²) in [4.78, 5) is 8.62. The van der Waals surface area contributed by atoms with E-state index in [1.54, 1.807) is 14.2 Å². The van der Waals surface area contributed by atoms with E-state index in [2.05, 4.69) is 22.2 Å². The van der Waals surface area contributed by atoms with Crippen molar-refractivity contribution in [3.05, 3.63) is 23.8 Å². The lowest BCUT2D eigenvalue weighted by molar-refractivity contribution is 0.354. The van der Waals surface area contributed by atoms with Crippen LogP contribution in [-0.4, -0.2) is 32.7 Å². The van der Waals surface area contributed by atoms with Gasteiger partial charge in [-0.05, 0) is 24.1 Å². The lowest BCUT2D eigenvalue weighted by Gasteiger charge is -2.09. The Balaban J connectivity index is 0. The molecule has 9 heteroatoms. The second-order valence-electron chi connectivity index (χ2n) is 7.46. The number of hydrogen-bond acceptors (Lipinski definition) is 4. The maximum absolute atomic E-state index is 5.90. The summed E-state index contributed by atoms with van der Waals surface area (Å²) in [6.07, 6.45) is 13.0. The first-order valence-electron chi connectivity index (χ1n) is 11.2. The highest BCUT2D eigenvalue weighted by atomic mass is 35.5. The number of rotatable bonds is 15. The maximum atomic E-state index is 5.90. The highest BCUT2D eigenvalue weighted by Gasteiger charge is 2.04. The number of benzene rings is 1. The van der Waals surface area contributed by atoms with E-state index in [0.717, 1.165) is 12.0 Å². The lowest BCUT2D eigenvalue weighted by atomic mass is 10.1. The first-order valence-corrected chi connectivity index (χ1v) is 11.2. The van der Waals surface area contributed by atoms with Crippen LogP contribution in [0.25, 0.3) is 0 Å². The molecular weight excluding hydrogens is 449 g/mol. The summed E-state index contributed by atoms with van der Waals surface area (Å²) in [5.41, 5.74) is 12.7. The molecule has 1 aromatic carbocycles. The van der Waals surface area contributed by atoms with Crippen LogP contribution in [0.4, 0.5) is 0 Å². The summed E-state index contributed by atoms with van der Waals surface area (Å²) in [5, 5.41) is 2.84. The molecule has 1 aromatic rings. The number of guanidine groups is 2. The molecule has 0 saturated heterocycles. The molecule has 0 radical (unpaired) electrons. The van der Waals surface area contributed by atoms with Gasteiger partial charge in [0.1, 0.15) is 0 Å². The number of halogens is 2. The highest BCUT2D eigenvalue weighted by Crippen LogP contribution is 2.27. The minimum Gasteiger partial charge on any atom is -0.493 e. The minimum atomic E-state index is 0. The molecule has 0 bridgehead atoms. The van der Waals surface area contributed by atoms with Crippen molar-refractivity contribution in [2.45, 2.75) is 77.7 Å². The van der Waals surface area contributed by atoms with Gasteiger partial charge in [-0.25, -0.2) is 4.99 Å². The summed E-state index contributed by atoms with van der Waals surface area (Å²) < 4.78 is 10.5.